The van der Waals surface area contributed by atoms with Crippen LogP contribution in [0.2, 0.25) is 0 Å². The number of benzene rings is 4. The molecule has 0 bridgehead atoms. The SMILES string of the molecule is Cc1ccc(CN(C(=O)CN(c2ccc(C)cc2)S(=O)(=O)c2ccc(F)cc2)C(Cc2ccccc2)C(=O)NC2CCCC2)cc1. The van der Waals surface area contributed by atoms with E-state index in [9.17, 15) is 22.4 Å². The topological polar surface area (TPSA) is 86.8 Å². The summed E-state index contributed by atoms with van der Waals surface area (Å²) in [5, 5.41) is 3.18. The highest BCUT2D eigenvalue weighted by molar-refractivity contribution is 7.92. The van der Waals surface area contributed by atoms with Crippen molar-refractivity contribution in [3.8, 4) is 0 Å². The molecular weight excluding hydrogens is 601 g/mol. The molecule has 4 aromatic rings. The Labute approximate surface area is 271 Å². The maximum Gasteiger partial charge on any atom is 0.264 e. The van der Waals surface area contributed by atoms with E-state index in [0.29, 0.717) is 0 Å². The number of sulfonamides is 1. The van der Waals surface area contributed by atoms with E-state index in [-0.39, 0.29) is 35.5 Å². The van der Waals surface area contributed by atoms with Gasteiger partial charge in [0.1, 0.15) is 18.4 Å². The fraction of sp³-hybridized carbons (Fsp3) is 0.297. The fourth-order valence-electron chi connectivity index (χ4n) is 5.79. The van der Waals surface area contributed by atoms with Crippen LogP contribution in [0.4, 0.5) is 10.1 Å². The minimum Gasteiger partial charge on any atom is -0.352 e. The number of halogens is 1. The summed E-state index contributed by atoms with van der Waals surface area (Å²) >= 11 is 0. The average Bonchev–Trinajstić information content (AvgIpc) is 3.56. The molecule has 1 saturated carbocycles. The van der Waals surface area contributed by atoms with Crippen LogP contribution in [0.5, 0.6) is 0 Å². The molecule has 0 aromatic heterocycles. The first-order valence-corrected chi connectivity index (χ1v) is 17.1. The van der Waals surface area contributed by atoms with Crippen molar-refractivity contribution in [3.63, 3.8) is 0 Å². The van der Waals surface area contributed by atoms with Crippen molar-refractivity contribution in [2.75, 3.05) is 10.8 Å². The molecule has 1 fully saturated rings. The molecule has 240 valence electrons. The monoisotopic (exact) mass is 641 g/mol. The number of nitrogens with one attached hydrogen (secondary N) is 1. The van der Waals surface area contributed by atoms with Gasteiger partial charge in [0, 0.05) is 19.0 Å². The number of hydrogen-bond acceptors (Lipinski definition) is 4. The normalized spacial score (nSPS) is 14.1. The summed E-state index contributed by atoms with van der Waals surface area (Å²) in [6.07, 6.45) is 4.09. The van der Waals surface area contributed by atoms with E-state index in [0.717, 1.165) is 64.4 Å². The smallest absolute Gasteiger partial charge is 0.264 e. The minimum atomic E-state index is -4.30. The van der Waals surface area contributed by atoms with Crippen LogP contribution in [0.25, 0.3) is 0 Å². The number of carbonyl (C=O) groups is 2. The largest absolute Gasteiger partial charge is 0.352 e. The summed E-state index contributed by atoms with van der Waals surface area (Å²) < 4.78 is 42.9. The van der Waals surface area contributed by atoms with Crippen LogP contribution in [-0.4, -0.2) is 43.8 Å². The van der Waals surface area contributed by atoms with Gasteiger partial charge < -0.3 is 10.2 Å². The van der Waals surface area contributed by atoms with Crippen LogP contribution in [-0.2, 0) is 32.6 Å². The van der Waals surface area contributed by atoms with Gasteiger partial charge in [-0.25, -0.2) is 12.8 Å². The summed E-state index contributed by atoms with van der Waals surface area (Å²) in [5.41, 5.74) is 3.95. The molecule has 0 spiro atoms. The van der Waals surface area contributed by atoms with Crippen molar-refractivity contribution in [1.29, 1.82) is 0 Å². The van der Waals surface area contributed by atoms with Crippen LogP contribution < -0.4 is 9.62 Å². The van der Waals surface area contributed by atoms with Crippen molar-refractivity contribution in [2.45, 2.75) is 69.5 Å². The van der Waals surface area contributed by atoms with Crippen LogP contribution in [0.3, 0.4) is 0 Å². The summed E-state index contributed by atoms with van der Waals surface area (Å²) in [6.45, 7) is 3.40. The molecule has 4 aromatic carbocycles. The van der Waals surface area contributed by atoms with Crippen molar-refractivity contribution >= 4 is 27.5 Å². The lowest BCUT2D eigenvalue weighted by molar-refractivity contribution is -0.140. The third-order valence-corrected chi connectivity index (χ3v) is 10.2. The summed E-state index contributed by atoms with van der Waals surface area (Å²) in [5.74, 6) is -1.37. The van der Waals surface area contributed by atoms with Crippen LogP contribution in [0.1, 0.15) is 47.9 Å². The van der Waals surface area contributed by atoms with Gasteiger partial charge in [0.25, 0.3) is 10.0 Å². The van der Waals surface area contributed by atoms with Crippen molar-refractivity contribution in [1.82, 2.24) is 10.2 Å². The minimum absolute atomic E-state index is 0.0324. The Morgan fingerprint density at radius 2 is 1.39 bits per heavy atom. The van der Waals surface area contributed by atoms with Crippen LogP contribution in [0.15, 0.2) is 108 Å². The first kappa shape index (κ1) is 32.9. The molecule has 46 heavy (non-hydrogen) atoms. The van der Waals surface area contributed by atoms with E-state index < -0.39 is 34.3 Å². The van der Waals surface area contributed by atoms with E-state index in [4.69, 9.17) is 0 Å². The molecule has 1 aliphatic carbocycles. The van der Waals surface area contributed by atoms with Gasteiger partial charge in [0.05, 0.1) is 10.6 Å². The van der Waals surface area contributed by atoms with Crippen LogP contribution >= 0.6 is 0 Å². The zero-order valence-electron chi connectivity index (χ0n) is 26.2. The highest BCUT2D eigenvalue weighted by Crippen LogP contribution is 2.26. The first-order valence-electron chi connectivity index (χ1n) is 15.6. The number of nitrogens with zero attached hydrogens (tertiary/aromatic N) is 2. The van der Waals surface area contributed by atoms with Crippen molar-refractivity contribution in [2.24, 2.45) is 0 Å². The standard InChI is InChI=1S/C37H40FN3O4S/c1-27-12-16-30(17-13-27)25-40(35(24-29-8-4-3-5-9-29)37(43)39-32-10-6-7-11-32)36(42)26-41(33-20-14-28(2)15-21-33)46(44,45)34-22-18-31(38)19-23-34/h3-5,8-9,12-23,32,35H,6-7,10-11,24-26H2,1-2H3,(H,39,43). The predicted octanol–water partition coefficient (Wildman–Crippen LogP) is 6.34. The molecule has 5 rings (SSSR count). The molecule has 0 radical (unpaired) electrons. The second-order valence-electron chi connectivity index (χ2n) is 12.0. The molecule has 1 atom stereocenters. The summed E-state index contributed by atoms with van der Waals surface area (Å²) in [6, 6.07) is 27.7. The van der Waals surface area contributed by atoms with E-state index >= 15 is 0 Å². The Morgan fingerprint density at radius 3 is 2.00 bits per heavy atom. The van der Waals surface area contributed by atoms with Gasteiger partial charge in [0.2, 0.25) is 11.8 Å². The molecule has 1 N–H and O–H groups in total. The van der Waals surface area contributed by atoms with Crippen molar-refractivity contribution in [3.05, 3.63) is 131 Å². The first-order chi connectivity index (χ1) is 22.1. The van der Waals surface area contributed by atoms with E-state index in [1.807, 2.05) is 68.4 Å². The lowest BCUT2D eigenvalue weighted by Gasteiger charge is -2.34. The molecule has 0 heterocycles. The molecule has 0 saturated heterocycles. The Morgan fingerprint density at radius 1 is 0.804 bits per heavy atom. The Kier molecular flexibility index (Phi) is 10.5. The number of carbonyl (C=O) groups excluding carboxylic acids is 2. The zero-order valence-corrected chi connectivity index (χ0v) is 27.0. The molecular formula is C37H40FN3O4S. The number of rotatable bonds is 12. The predicted molar refractivity (Wildman–Crippen MR) is 178 cm³/mol. The molecule has 9 heteroatoms. The van der Waals surface area contributed by atoms with E-state index in [1.54, 1.807) is 24.3 Å². The number of amides is 2. The molecule has 2 amide bonds. The van der Waals surface area contributed by atoms with Gasteiger partial charge in [0.15, 0.2) is 0 Å². The summed E-state index contributed by atoms with van der Waals surface area (Å²) in [7, 11) is -4.30. The van der Waals surface area contributed by atoms with Gasteiger partial charge in [-0.15, -0.1) is 0 Å². The highest BCUT2D eigenvalue weighted by atomic mass is 32.2. The van der Waals surface area contributed by atoms with E-state index in [1.165, 1.54) is 17.0 Å². The van der Waals surface area contributed by atoms with Crippen molar-refractivity contribution < 1.29 is 22.4 Å². The maximum absolute atomic E-state index is 14.6. The average molecular weight is 642 g/mol. The lowest BCUT2D eigenvalue weighted by Crippen LogP contribution is -2.54. The quantitative estimate of drug-likeness (QED) is 0.196. The Bertz CT molecular complexity index is 1720. The third kappa shape index (κ3) is 8.20. The second kappa shape index (κ2) is 14.7. The van der Waals surface area contributed by atoms with Gasteiger partial charge in [-0.05, 0) is 74.2 Å². The highest BCUT2D eigenvalue weighted by Gasteiger charge is 2.35. The third-order valence-electron chi connectivity index (χ3n) is 8.45. The van der Waals surface area contributed by atoms with Crippen LogP contribution in [0, 0.1) is 19.7 Å². The molecule has 7 nitrogen and oxygen atoms in total. The number of aryl methyl sites for hydroxylation is 2. The fourth-order valence-corrected chi connectivity index (χ4v) is 7.20. The zero-order chi connectivity index (χ0) is 32.7. The number of hydrogen-bond donors (Lipinski definition) is 1. The van der Waals surface area contributed by atoms with Gasteiger partial charge in [-0.1, -0.05) is 90.7 Å². The van der Waals surface area contributed by atoms with E-state index in [2.05, 4.69) is 5.32 Å². The van der Waals surface area contributed by atoms with Gasteiger partial charge >= 0.3 is 0 Å². The summed E-state index contributed by atoms with van der Waals surface area (Å²) in [4.78, 5) is 30.0. The maximum atomic E-state index is 14.6. The number of anilines is 1. The molecule has 0 aliphatic heterocycles. The lowest BCUT2D eigenvalue weighted by atomic mass is 10.0. The van der Waals surface area contributed by atoms with Gasteiger partial charge in [-0.3, -0.25) is 13.9 Å². The van der Waals surface area contributed by atoms with Gasteiger partial charge in [-0.2, -0.15) is 0 Å². The molecule has 1 unspecified atom stereocenters. The second-order valence-corrected chi connectivity index (χ2v) is 13.9. The molecule has 1 aliphatic rings. The Balaban J connectivity index is 1.55. The Hall–Kier alpha value is -4.50.